The van der Waals surface area contributed by atoms with Crippen LogP contribution in [0.1, 0.15) is 12.0 Å². The molecule has 0 radical (unpaired) electrons. The summed E-state index contributed by atoms with van der Waals surface area (Å²) >= 11 is 4.38. The molecule has 0 heterocycles. The lowest BCUT2D eigenvalue weighted by Gasteiger charge is -2.17. The first kappa shape index (κ1) is 13.3. The molecule has 16 heavy (non-hydrogen) atoms. The van der Waals surface area contributed by atoms with Crippen LogP contribution >= 0.6 is 6.72 Å². The molecule has 0 saturated carbocycles. The first-order valence-corrected chi connectivity index (χ1v) is 7.28. The summed E-state index contributed by atoms with van der Waals surface area (Å²) in [5.41, 5.74) is 0.964. The van der Waals surface area contributed by atoms with E-state index in [1.54, 1.807) is 0 Å². The molecule has 0 saturated heterocycles. The summed E-state index contributed by atoms with van der Waals surface area (Å²) in [5.74, 6) is 0. The van der Waals surface area contributed by atoms with Gasteiger partial charge in [-0.05, 0) is 17.4 Å². The van der Waals surface area contributed by atoms with Gasteiger partial charge in [0.2, 0.25) is 0 Å². The fraction of sp³-hybridized carbons (Fsp3) is 0.300. The minimum atomic E-state index is -3.71. The summed E-state index contributed by atoms with van der Waals surface area (Å²) in [4.78, 5) is 18.1. The normalized spacial score (nSPS) is 13.1. The summed E-state index contributed by atoms with van der Waals surface area (Å²) in [5, 5.41) is 8.60. The van der Waals surface area contributed by atoms with Crippen LogP contribution in [0.4, 0.5) is 0 Å². The summed E-state index contributed by atoms with van der Waals surface area (Å²) in [6.07, 6.45) is -0.0595. The van der Waals surface area contributed by atoms with E-state index in [2.05, 4.69) is 11.8 Å². The topological polar surface area (TPSA) is 73.5 Å². The maximum Gasteiger partial charge on any atom is 0.322 e. The average molecular weight is 257 g/mol. The SMILES string of the molecule is N#CC[C@H](Cc1ccccc1)OP(O)(O)=S. The zero-order valence-corrected chi connectivity index (χ0v) is 10.2. The van der Waals surface area contributed by atoms with Crippen molar-refractivity contribution in [3.63, 3.8) is 0 Å². The number of rotatable bonds is 5. The van der Waals surface area contributed by atoms with Crippen LogP contribution in [0, 0.1) is 11.3 Å². The predicted octanol–water partition coefficient (Wildman–Crippen LogP) is 1.74. The highest BCUT2D eigenvalue weighted by Crippen LogP contribution is 2.39. The molecule has 0 aliphatic heterocycles. The molecule has 6 heteroatoms. The molecule has 1 atom stereocenters. The molecule has 0 unspecified atom stereocenters. The minimum Gasteiger partial charge on any atom is -0.325 e. The van der Waals surface area contributed by atoms with Gasteiger partial charge in [-0.3, -0.25) is 0 Å². The molecule has 1 aromatic rings. The van der Waals surface area contributed by atoms with Gasteiger partial charge in [0.1, 0.15) is 0 Å². The molecule has 1 rings (SSSR count). The van der Waals surface area contributed by atoms with E-state index in [-0.39, 0.29) is 6.42 Å². The number of nitriles is 1. The highest BCUT2D eigenvalue weighted by Gasteiger charge is 2.18. The Morgan fingerprint density at radius 3 is 2.50 bits per heavy atom. The highest BCUT2D eigenvalue weighted by molar-refractivity contribution is 8.06. The van der Waals surface area contributed by atoms with Crippen LogP contribution in [0.5, 0.6) is 0 Å². The molecule has 0 amide bonds. The molecule has 86 valence electrons. The fourth-order valence-electron chi connectivity index (χ4n) is 1.32. The van der Waals surface area contributed by atoms with Gasteiger partial charge in [0.05, 0.1) is 18.6 Å². The Morgan fingerprint density at radius 1 is 1.38 bits per heavy atom. The number of benzene rings is 1. The van der Waals surface area contributed by atoms with Crippen LogP contribution in [-0.2, 0) is 22.8 Å². The third-order valence-electron chi connectivity index (χ3n) is 1.91. The maximum atomic E-state index is 9.04. The Balaban J connectivity index is 2.66. The van der Waals surface area contributed by atoms with Gasteiger partial charge in [-0.25, -0.2) is 0 Å². The Hall–Kier alpha value is -0.760. The number of hydrogen-bond donors (Lipinski definition) is 2. The van der Waals surface area contributed by atoms with Crippen molar-refractivity contribution < 1.29 is 14.3 Å². The van der Waals surface area contributed by atoms with Gasteiger partial charge in [0, 0.05) is 6.42 Å². The van der Waals surface area contributed by atoms with Crippen molar-refractivity contribution in [3.8, 4) is 6.07 Å². The fourth-order valence-corrected chi connectivity index (χ4v) is 2.22. The van der Waals surface area contributed by atoms with Crippen molar-refractivity contribution in [1.29, 1.82) is 5.26 Å². The molecular formula is C10H12NO3PS. The quantitative estimate of drug-likeness (QED) is 0.786. The van der Waals surface area contributed by atoms with Crippen molar-refractivity contribution in [1.82, 2.24) is 0 Å². The van der Waals surface area contributed by atoms with E-state index >= 15 is 0 Å². The van der Waals surface area contributed by atoms with Gasteiger partial charge in [-0.2, -0.15) is 5.26 Å². The van der Waals surface area contributed by atoms with Gasteiger partial charge < -0.3 is 14.3 Å². The van der Waals surface area contributed by atoms with E-state index in [1.165, 1.54) is 0 Å². The summed E-state index contributed by atoms with van der Waals surface area (Å²) in [7, 11) is 0. The Kier molecular flexibility index (Phi) is 5.07. The van der Waals surface area contributed by atoms with Gasteiger partial charge in [-0.15, -0.1) is 0 Å². The number of hydrogen-bond acceptors (Lipinski definition) is 3. The smallest absolute Gasteiger partial charge is 0.322 e. The van der Waals surface area contributed by atoms with Crippen LogP contribution in [0.15, 0.2) is 30.3 Å². The van der Waals surface area contributed by atoms with E-state index in [4.69, 9.17) is 19.6 Å². The van der Waals surface area contributed by atoms with Crippen LogP contribution in [0.2, 0.25) is 0 Å². The predicted molar refractivity (Wildman–Crippen MR) is 64.0 cm³/mol. The second-order valence-electron chi connectivity index (χ2n) is 3.27. The van der Waals surface area contributed by atoms with Crippen molar-refractivity contribution in [2.75, 3.05) is 0 Å². The van der Waals surface area contributed by atoms with Gasteiger partial charge >= 0.3 is 6.72 Å². The molecule has 0 aliphatic carbocycles. The van der Waals surface area contributed by atoms with Crippen LogP contribution in [0.3, 0.4) is 0 Å². The average Bonchev–Trinajstić information content (AvgIpc) is 2.17. The summed E-state index contributed by atoms with van der Waals surface area (Å²) < 4.78 is 4.90. The van der Waals surface area contributed by atoms with Crippen LogP contribution in [-0.4, -0.2) is 15.9 Å². The molecule has 1 aromatic carbocycles. The molecule has 2 N–H and O–H groups in total. The summed E-state index contributed by atoms with van der Waals surface area (Å²) in [6.45, 7) is -3.71. The van der Waals surface area contributed by atoms with Crippen molar-refractivity contribution in [2.24, 2.45) is 0 Å². The zero-order chi connectivity index (χ0) is 12.0. The number of nitrogens with zero attached hydrogens (tertiary/aromatic N) is 1. The second-order valence-corrected chi connectivity index (χ2v) is 5.89. The van der Waals surface area contributed by atoms with Crippen molar-refractivity contribution >= 4 is 18.5 Å². The van der Waals surface area contributed by atoms with Crippen molar-refractivity contribution in [2.45, 2.75) is 18.9 Å². The monoisotopic (exact) mass is 257 g/mol. The molecule has 0 aliphatic rings. The lowest BCUT2D eigenvalue weighted by atomic mass is 10.1. The standard InChI is InChI=1S/C10H12NO3PS/c11-7-6-10(14-15(12,13)16)8-9-4-2-1-3-5-9/h1-5,10H,6,8H2,(H2,12,13,16)/t10-/m1/s1. The van der Waals surface area contributed by atoms with E-state index in [0.29, 0.717) is 6.42 Å². The molecule has 0 bridgehead atoms. The first-order valence-electron chi connectivity index (χ1n) is 4.66. The zero-order valence-electron chi connectivity index (χ0n) is 8.48. The van der Waals surface area contributed by atoms with Gasteiger partial charge in [0.15, 0.2) is 0 Å². The van der Waals surface area contributed by atoms with Crippen molar-refractivity contribution in [3.05, 3.63) is 35.9 Å². The van der Waals surface area contributed by atoms with Crippen LogP contribution < -0.4 is 0 Å². The second kappa shape index (κ2) is 6.09. The Bertz CT molecular complexity index is 412. The first-order chi connectivity index (χ1) is 7.51. The molecule has 0 spiro atoms. The molecule has 0 fully saturated rings. The van der Waals surface area contributed by atoms with E-state index in [0.717, 1.165) is 5.56 Å². The van der Waals surface area contributed by atoms with E-state index in [1.807, 2.05) is 36.4 Å². The lowest BCUT2D eigenvalue weighted by molar-refractivity contribution is 0.172. The Labute approximate surface area is 99.4 Å². The van der Waals surface area contributed by atoms with E-state index < -0.39 is 12.8 Å². The third-order valence-corrected chi connectivity index (χ3v) is 2.74. The Morgan fingerprint density at radius 2 is 2.00 bits per heavy atom. The molecular weight excluding hydrogens is 245 g/mol. The maximum absolute atomic E-state index is 9.04. The van der Waals surface area contributed by atoms with Gasteiger partial charge in [-0.1, -0.05) is 30.3 Å². The van der Waals surface area contributed by atoms with E-state index in [9.17, 15) is 0 Å². The minimum absolute atomic E-state index is 0.0778. The van der Waals surface area contributed by atoms with Gasteiger partial charge in [0.25, 0.3) is 0 Å². The highest BCUT2D eigenvalue weighted by atomic mass is 32.5. The molecule has 4 nitrogen and oxygen atoms in total. The third kappa shape index (κ3) is 5.36. The largest absolute Gasteiger partial charge is 0.325 e. The lowest BCUT2D eigenvalue weighted by Crippen LogP contribution is -2.14. The summed E-state index contributed by atoms with van der Waals surface area (Å²) in [6, 6.07) is 11.3. The van der Waals surface area contributed by atoms with Crippen LogP contribution in [0.25, 0.3) is 0 Å². The molecule has 0 aromatic heterocycles.